The first-order chi connectivity index (χ1) is 20.3. The summed E-state index contributed by atoms with van der Waals surface area (Å²) in [4.78, 5) is 33.7. The van der Waals surface area contributed by atoms with E-state index in [4.69, 9.17) is 27.9 Å². The number of ether oxygens (including phenoxy) is 2. The van der Waals surface area contributed by atoms with Crippen LogP contribution in [0.4, 0.5) is 5.69 Å². The number of carbonyl (C=O) groups excluding carboxylic acids is 2. The van der Waals surface area contributed by atoms with Crippen molar-refractivity contribution in [3.63, 3.8) is 0 Å². The van der Waals surface area contributed by atoms with Crippen LogP contribution in [0.15, 0.2) is 133 Å². The summed E-state index contributed by atoms with van der Waals surface area (Å²) in [6.45, 7) is 0. The molecule has 0 fully saturated rings. The molecule has 0 aliphatic heterocycles. The summed E-state index contributed by atoms with van der Waals surface area (Å²) in [6.07, 6.45) is 0. The van der Waals surface area contributed by atoms with Crippen molar-refractivity contribution in [2.75, 3.05) is 7.11 Å². The molecule has 0 amide bonds. The lowest BCUT2D eigenvalue weighted by Crippen LogP contribution is -2.05. The molecule has 5 rings (SSSR count). The molecule has 0 aliphatic rings. The fourth-order valence-electron chi connectivity index (χ4n) is 3.43. The van der Waals surface area contributed by atoms with Gasteiger partial charge in [0, 0.05) is 28.3 Å². The molecule has 0 atom stereocenters. The summed E-state index contributed by atoms with van der Waals surface area (Å²) in [5.74, 6) is -0.253. The highest BCUT2D eigenvalue weighted by Gasteiger charge is 2.22. The number of benzene rings is 5. The lowest BCUT2D eigenvalue weighted by molar-refractivity contribution is -0.385. The first kappa shape index (κ1) is 31.5. The standard InChI is InChI=1S/C14H9Cl2NO5.C13H10O.C6H6/c1-21-14(18)10-7-9(3-4-12(10)17(19)20)22-13-5-2-8(15)6-11(13)16;14-13(11-7-3-1-4-8-11)12-9-5-2-6-10-12;1-2-4-6-5-3-1/h2-7H,1H3;1-10H;1-6H. The van der Waals surface area contributed by atoms with Gasteiger partial charge in [-0.2, -0.15) is 0 Å². The van der Waals surface area contributed by atoms with E-state index < -0.39 is 10.9 Å². The van der Waals surface area contributed by atoms with Gasteiger partial charge in [-0.05, 0) is 24.3 Å². The molecule has 0 bridgehead atoms. The summed E-state index contributed by atoms with van der Waals surface area (Å²) in [7, 11) is 1.13. The zero-order valence-corrected chi connectivity index (χ0v) is 23.9. The average molecular weight is 602 g/mol. The molecule has 0 heterocycles. The molecule has 0 saturated heterocycles. The van der Waals surface area contributed by atoms with Crippen LogP contribution < -0.4 is 4.74 Å². The fourth-order valence-corrected chi connectivity index (χ4v) is 3.87. The summed E-state index contributed by atoms with van der Waals surface area (Å²) >= 11 is 11.8. The lowest BCUT2D eigenvalue weighted by atomic mass is 10.0. The summed E-state index contributed by atoms with van der Waals surface area (Å²) < 4.78 is 10.0. The smallest absolute Gasteiger partial charge is 0.345 e. The molecule has 0 spiro atoms. The van der Waals surface area contributed by atoms with Crippen molar-refractivity contribution >= 4 is 40.6 Å². The number of halogens is 2. The number of nitrogens with zero attached hydrogens (tertiary/aromatic N) is 1. The number of ketones is 1. The van der Waals surface area contributed by atoms with E-state index in [1.54, 1.807) is 12.1 Å². The van der Waals surface area contributed by atoms with Crippen molar-refractivity contribution in [2.24, 2.45) is 0 Å². The number of nitro benzene ring substituents is 1. The first-order valence-corrected chi connectivity index (χ1v) is 13.2. The summed E-state index contributed by atoms with van der Waals surface area (Å²) in [6, 6.07) is 39.0. The van der Waals surface area contributed by atoms with Gasteiger partial charge in [-0.1, -0.05) is 120 Å². The van der Waals surface area contributed by atoms with Crippen LogP contribution in [0.5, 0.6) is 11.5 Å². The maximum Gasteiger partial charge on any atom is 0.345 e. The molecular weight excluding hydrogens is 577 g/mol. The SMILES string of the molecule is COC(=O)c1cc(Oc2ccc(Cl)cc2Cl)ccc1[N+](=O)[O-].O=C(c1ccccc1)c1ccccc1.c1ccccc1. The van der Waals surface area contributed by atoms with Gasteiger partial charge >= 0.3 is 5.97 Å². The number of carbonyl (C=O) groups is 2. The van der Waals surface area contributed by atoms with Crippen LogP contribution in [0, 0.1) is 10.1 Å². The third kappa shape index (κ3) is 9.59. The Labute approximate surface area is 253 Å². The number of methoxy groups -OCH3 is 1. The zero-order chi connectivity index (χ0) is 30.3. The van der Waals surface area contributed by atoms with Crippen LogP contribution in [0.1, 0.15) is 26.3 Å². The van der Waals surface area contributed by atoms with Crippen molar-refractivity contribution in [3.8, 4) is 11.5 Å². The molecule has 9 heteroatoms. The van der Waals surface area contributed by atoms with Gasteiger partial charge < -0.3 is 9.47 Å². The highest BCUT2D eigenvalue weighted by Crippen LogP contribution is 2.33. The molecule has 0 saturated carbocycles. The largest absolute Gasteiger partial charge is 0.465 e. The molecule has 0 unspecified atom stereocenters. The van der Waals surface area contributed by atoms with Gasteiger partial charge in [0.2, 0.25) is 0 Å². The van der Waals surface area contributed by atoms with E-state index in [-0.39, 0.29) is 27.8 Å². The molecule has 0 N–H and O–H groups in total. The Bertz CT molecular complexity index is 1550. The second-order valence-corrected chi connectivity index (χ2v) is 9.16. The average Bonchev–Trinajstić information content (AvgIpc) is 3.04. The second kappa shape index (κ2) is 16.3. The monoisotopic (exact) mass is 601 g/mol. The van der Waals surface area contributed by atoms with Crippen LogP contribution in [0.2, 0.25) is 10.0 Å². The van der Waals surface area contributed by atoms with Crippen LogP contribution in [-0.2, 0) is 4.74 Å². The lowest BCUT2D eigenvalue weighted by Gasteiger charge is -2.09. The van der Waals surface area contributed by atoms with Crippen molar-refractivity contribution in [1.82, 2.24) is 0 Å². The van der Waals surface area contributed by atoms with Gasteiger partial charge in [-0.3, -0.25) is 14.9 Å². The number of hydrogen-bond acceptors (Lipinski definition) is 6. The number of nitro groups is 1. The maximum atomic E-state index is 11.8. The van der Waals surface area contributed by atoms with Gasteiger partial charge in [-0.25, -0.2) is 4.79 Å². The predicted octanol–water partition coefficient (Wildman–Crippen LogP) is 9.08. The summed E-state index contributed by atoms with van der Waals surface area (Å²) in [5.41, 5.74) is 0.883. The van der Waals surface area contributed by atoms with Gasteiger partial charge in [0.1, 0.15) is 17.1 Å². The van der Waals surface area contributed by atoms with Crippen molar-refractivity contribution < 1.29 is 24.0 Å². The predicted molar refractivity (Wildman–Crippen MR) is 164 cm³/mol. The second-order valence-electron chi connectivity index (χ2n) is 8.32. The van der Waals surface area contributed by atoms with E-state index in [0.717, 1.165) is 24.3 Å². The Morgan fingerprint density at radius 1 is 0.690 bits per heavy atom. The topological polar surface area (TPSA) is 95.7 Å². The van der Waals surface area contributed by atoms with Crippen molar-refractivity contribution in [1.29, 1.82) is 0 Å². The van der Waals surface area contributed by atoms with Crippen LogP contribution in [-0.4, -0.2) is 23.8 Å². The number of esters is 1. The Balaban J connectivity index is 0.000000204. The third-order valence-electron chi connectivity index (χ3n) is 5.43. The third-order valence-corrected chi connectivity index (χ3v) is 5.96. The van der Waals surface area contributed by atoms with E-state index in [1.807, 2.05) is 97.1 Å². The Kier molecular flexibility index (Phi) is 12.3. The van der Waals surface area contributed by atoms with Crippen molar-refractivity contribution in [2.45, 2.75) is 0 Å². The zero-order valence-electron chi connectivity index (χ0n) is 22.4. The van der Waals surface area contributed by atoms with E-state index in [1.165, 1.54) is 18.2 Å². The van der Waals surface area contributed by atoms with E-state index in [0.29, 0.717) is 10.8 Å². The Morgan fingerprint density at radius 2 is 1.19 bits per heavy atom. The molecule has 42 heavy (non-hydrogen) atoms. The van der Waals surface area contributed by atoms with Crippen LogP contribution in [0.3, 0.4) is 0 Å². The van der Waals surface area contributed by atoms with E-state index in [2.05, 4.69) is 4.74 Å². The van der Waals surface area contributed by atoms with E-state index >= 15 is 0 Å². The minimum atomic E-state index is -0.834. The summed E-state index contributed by atoms with van der Waals surface area (Å²) in [5, 5.41) is 11.6. The maximum absolute atomic E-state index is 11.8. The molecule has 0 aliphatic carbocycles. The Morgan fingerprint density at radius 3 is 1.64 bits per heavy atom. The van der Waals surface area contributed by atoms with E-state index in [9.17, 15) is 19.7 Å². The van der Waals surface area contributed by atoms with Crippen LogP contribution in [0.25, 0.3) is 0 Å². The molecule has 5 aromatic carbocycles. The van der Waals surface area contributed by atoms with Gasteiger partial charge in [0.25, 0.3) is 5.69 Å². The molecule has 5 aromatic rings. The number of hydrogen-bond donors (Lipinski definition) is 0. The fraction of sp³-hybridized carbons (Fsp3) is 0.0303. The normalized spacial score (nSPS) is 9.69. The molecule has 0 radical (unpaired) electrons. The van der Waals surface area contributed by atoms with Gasteiger partial charge in [0.15, 0.2) is 5.78 Å². The van der Waals surface area contributed by atoms with Crippen molar-refractivity contribution in [3.05, 3.63) is 170 Å². The quantitative estimate of drug-likeness (QED) is 0.0833. The molecule has 212 valence electrons. The Hall–Kier alpha value is -4.98. The molecular formula is C33H25Cl2NO6. The molecule has 7 nitrogen and oxygen atoms in total. The minimum Gasteiger partial charge on any atom is -0.465 e. The van der Waals surface area contributed by atoms with Gasteiger partial charge in [0.05, 0.1) is 17.1 Å². The van der Waals surface area contributed by atoms with Gasteiger partial charge in [-0.15, -0.1) is 0 Å². The first-order valence-electron chi connectivity index (χ1n) is 12.4. The molecule has 0 aromatic heterocycles. The minimum absolute atomic E-state index is 0.0752. The number of rotatable bonds is 6. The van der Waals surface area contributed by atoms with Crippen LogP contribution >= 0.6 is 23.2 Å². The highest BCUT2D eigenvalue weighted by molar-refractivity contribution is 6.35. The highest BCUT2D eigenvalue weighted by atomic mass is 35.5.